The molecule has 0 unspecified atom stereocenters. The van der Waals surface area contributed by atoms with Gasteiger partial charge in [0.15, 0.2) is 11.9 Å². The molecule has 0 aromatic carbocycles. The van der Waals surface area contributed by atoms with E-state index in [4.69, 9.17) is 15.6 Å². The van der Waals surface area contributed by atoms with Crippen LogP contribution in [0.1, 0.15) is 12.6 Å². The lowest BCUT2D eigenvalue weighted by Gasteiger charge is -2.15. The highest BCUT2D eigenvalue weighted by Crippen LogP contribution is 2.30. The van der Waals surface area contributed by atoms with Crippen molar-refractivity contribution in [2.45, 2.75) is 37.6 Å². The number of halogens is 3. The summed E-state index contributed by atoms with van der Waals surface area (Å²) in [6.45, 7) is -1.95. The van der Waals surface area contributed by atoms with Crippen molar-refractivity contribution in [3.05, 3.63) is 16.7 Å². The molecule has 12 heteroatoms. The number of ether oxygens (including phenoxy) is 1. The summed E-state index contributed by atoms with van der Waals surface area (Å²) in [4.78, 5) is 19.9. The van der Waals surface area contributed by atoms with Gasteiger partial charge in [0.1, 0.15) is 18.2 Å². The van der Waals surface area contributed by atoms with Crippen molar-refractivity contribution in [2.24, 2.45) is 0 Å². The Bertz CT molecular complexity index is 817. The Morgan fingerprint density at radius 1 is 1.46 bits per heavy atom. The van der Waals surface area contributed by atoms with Crippen LogP contribution in [0.3, 0.4) is 0 Å². The topological polar surface area (TPSA) is 128 Å². The molecule has 1 aliphatic heterocycles. The zero-order chi connectivity index (χ0) is 17.6. The van der Waals surface area contributed by atoms with Crippen LogP contribution in [0.5, 0.6) is 0 Å². The van der Waals surface area contributed by atoms with E-state index < -0.39 is 43.5 Å². The van der Waals surface area contributed by atoms with Gasteiger partial charge in [0.05, 0.1) is 18.9 Å². The van der Waals surface area contributed by atoms with Gasteiger partial charge in [-0.25, -0.2) is 14.3 Å². The fourth-order valence-electron chi connectivity index (χ4n) is 2.71. The zero-order valence-electron chi connectivity index (χ0n) is 12.1. The molecule has 0 amide bonds. The summed E-state index contributed by atoms with van der Waals surface area (Å²) in [6.07, 6.45) is -6.82. The zero-order valence-corrected chi connectivity index (χ0v) is 12.1. The predicted octanol–water partition coefficient (Wildman–Crippen LogP) is -0.622. The summed E-state index contributed by atoms with van der Waals surface area (Å²) in [5.41, 5.74) is 4.02. The minimum atomic E-state index is -4.65. The van der Waals surface area contributed by atoms with Crippen LogP contribution in [0, 0.1) is 0 Å². The second kappa shape index (κ2) is 5.72. The molecular formula is C12H14F3N5O4. The lowest BCUT2D eigenvalue weighted by molar-refractivity contribution is -0.140. The highest BCUT2D eigenvalue weighted by molar-refractivity contribution is 5.72. The summed E-state index contributed by atoms with van der Waals surface area (Å²) in [5.74, 6) is -0.244. The quantitative estimate of drug-likeness (QED) is 0.673. The first-order chi connectivity index (χ1) is 11.2. The molecule has 3 heterocycles. The minimum absolute atomic E-state index is 0.0279. The van der Waals surface area contributed by atoms with Crippen LogP contribution < -0.4 is 11.4 Å². The van der Waals surface area contributed by atoms with Crippen molar-refractivity contribution in [2.75, 3.05) is 12.3 Å². The van der Waals surface area contributed by atoms with Gasteiger partial charge < -0.3 is 20.7 Å². The second-order valence-corrected chi connectivity index (χ2v) is 5.43. The maximum absolute atomic E-state index is 12.8. The fraction of sp³-hybridized carbons (Fsp3) is 0.583. The molecule has 0 radical (unpaired) electrons. The molecule has 2 aromatic rings. The smallest absolute Gasteiger partial charge is 0.394 e. The summed E-state index contributed by atoms with van der Waals surface area (Å²) >= 11 is 0. The number of hydrogen-bond donors (Lipinski definition) is 3. The first-order valence-corrected chi connectivity index (χ1v) is 6.95. The van der Waals surface area contributed by atoms with Crippen molar-refractivity contribution in [3.8, 4) is 0 Å². The van der Waals surface area contributed by atoms with Crippen LogP contribution in [0.4, 0.5) is 19.1 Å². The number of anilines is 1. The van der Waals surface area contributed by atoms with E-state index >= 15 is 0 Å². The number of aromatic nitrogens is 4. The van der Waals surface area contributed by atoms with Gasteiger partial charge in [-0.05, 0) is 0 Å². The Labute approximate surface area is 132 Å². The van der Waals surface area contributed by atoms with Gasteiger partial charge in [0.2, 0.25) is 5.95 Å². The molecule has 0 saturated carbocycles. The molecule has 0 bridgehead atoms. The second-order valence-electron chi connectivity index (χ2n) is 5.43. The maximum atomic E-state index is 12.8. The minimum Gasteiger partial charge on any atom is -0.394 e. The summed E-state index contributed by atoms with van der Waals surface area (Å²) in [7, 11) is 0. The summed E-state index contributed by atoms with van der Waals surface area (Å²) in [6, 6.07) is 0. The third kappa shape index (κ3) is 2.83. The highest BCUT2D eigenvalue weighted by Gasteiger charge is 2.39. The number of hydrogen-bond acceptors (Lipinski definition) is 7. The highest BCUT2D eigenvalue weighted by atomic mass is 19.4. The Morgan fingerprint density at radius 2 is 2.17 bits per heavy atom. The van der Waals surface area contributed by atoms with Gasteiger partial charge in [0.25, 0.3) is 0 Å². The molecule has 0 spiro atoms. The molecule has 24 heavy (non-hydrogen) atoms. The third-order valence-electron chi connectivity index (χ3n) is 3.69. The number of nitrogen functional groups attached to an aromatic ring is 1. The van der Waals surface area contributed by atoms with Crippen LogP contribution in [0.2, 0.25) is 0 Å². The number of imidazole rings is 1. The molecular weight excluding hydrogens is 335 g/mol. The first-order valence-electron chi connectivity index (χ1n) is 6.95. The van der Waals surface area contributed by atoms with E-state index in [0.717, 1.165) is 10.8 Å². The third-order valence-corrected chi connectivity index (χ3v) is 3.69. The van der Waals surface area contributed by atoms with E-state index in [9.17, 15) is 23.1 Å². The standard InChI is InChI=1S/C12H14F3N5O4/c13-12(14,15)4-19-6-2-17-10(16)18-8(6)20(11(19)23)9-7(22)1-5(3-21)24-9/h2,5,7,9,21-22H,1,3-4H2,(H2,16,17,18)/t5-,7+,9+/m0/s1. The van der Waals surface area contributed by atoms with E-state index in [0.29, 0.717) is 4.57 Å². The SMILES string of the molecule is Nc1ncc2c(n1)n([C@@H]1O[C@H](CO)C[C@H]1O)c(=O)n2CC(F)(F)F. The average Bonchev–Trinajstić information content (AvgIpc) is 2.96. The van der Waals surface area contributed by atoms with E-state index in [-0.39, 0.29) is 23.5 Å². The lowest BCUT2D eigenvalue weighted by atomic mass is 10.2. The molecule has 0 aliphatic carbocycles. The van der Waals surface area contributed by atoms with Crippen LogP contribution in [-0.4, -0.2) is 54.3 Å². The maximum Gasteiger partial charge on any atom is 0.406 e. The van der Waals surface area contributed by atoms with Gasteiger partial charge in [-0.15, -0.1) is 0 Å². The van der Waals surface area contributed by atoms with E-state index in [1.54, 1.807) is 0 Å². The van der Waals surface area contributed by atoms with Crippen LogP contribution in [0.25, 0.3) is 11.2 Å². The molecule has 1 fully saturated rings. The summed E-state index contributed by atoms with van der Waals surface area (Å²) < 4.78 is 44.9. The van der Waals surface area contributed by atoms with E-state index in [1.807, 2.05) is 0 Å². The molecule has 1 aliphatic rings. The van der Waals surface area contributed by atoms with Gasteiger partial charge in [-0.3, -0.25) is 4.57 Å². The molecule has 9 nitrogen and oxygen atoms in total. The number of aliphatic hydroxyl groups excluding tert-OH is 2. The van der Waals surface area contributed by atoms with Crippen LogP contribution in [0.15, 0.2) is 11.0 Å². The normalized spacial score (nSPS) is 24.8. The number of aliphatic hydroxyl groups is 2. The van der Waals surface area contributed by atoms with E-state index in [1.165, 1.54) is 0 Å². The monoisotopic (exact) mass is 349 g/mol. The van der Waals surface area contributed by atoms with Gasteiger partial charge >= 0.3 is 11.9 Å². The van der Waals surface area contributed by atoms with Crippen molar-refractivity contribution in [1.82, 2.24) is 19.1 Å². The molecule has 4 N–H and O–H groups in total. The Balaban J connectivity index is 2.19. The number of fused-ring (bicyclic) bond motifs is 1. The Morgan fingerprint density at radius 3 is 2.75 bits per heavy atom. The van der Waals surface area contributed by atoms with Gasteiger partial charge in [0, 0.05) is 6.42 Å². The van der Waals surface area contributed by atoms with E-state index in [2.05, 4.69) is 9.97 Å². The van der Waals surface area contributed by atoms with Gasteiger partial charge in [-0.2, -0.15) is 18.2 Å². The van der Waals surface area contributed by atoms with Crippen LogP contribution >= 0.6 is 0 Å². The molecule has 132 valence electrons. The number of rotatable bonds is 3. The molecule has 2 aromatic heterocycles. The largest absolute Gasteiger partial charge is 0.406 e. The van der Waals surface area contributed by atoms with Crippen molar-refractivity contribution < 1.29 is 28.1 Å². The predicted molar refractivity (Wildman–Crippen MR) is 73.9 cm³/mol. The Kier molecular flexibility index (Phi) is 3.97. The molecule has 3 atom stereocenters. The number of nitrogens with zero attached hydrogens (tertiary/aromatic N) is 4. The van der Waals surface area contributed by atoms with Crippen LogP contribution in [-0.2, 0) is 11.3 Å². The number of nitrogens with two attached hydrogens (primary N) is 1. The van der Waals surface area contributed by atoms with Crippen molar-refractivity contribution >= 4 is 17.1 Å². The summed E-state index contributed by atoms with van der Waals surface area (Å²) in [5, 5.41) is 19.1. The average molecular weight is 349 g/mol. The lowest BCUT2D eigenvalue weighted by Crippen LogP contribution is -2.34. The van der Waals surface area contributed by atoms with Crippen molar-refractivity contribution in [3.63, 3.8) is 0 Å². The fourth-order valence-corrected chi connectivity index (χ4v) is 2.71. The Hall–Kier alpha value is -2.18. The molecule has 3 rings (SSSR count). The number of alkyl halides is 3. The molecule has 1 saturated heterocycles. The van der Waals surface area contributed by atoms with Crippen molar-refractivity contribution in [1.29, 1.82) is 0 Å². The van der Waals surface area contributed by atoms with Gasteiger partial charge in [-0.1, -0.05) is 0 Å². The first kappa shape index (κ1) is 16.7.